The Bertz CT molecular complexity index is 50.0. The zero-order valence-corrected chi connectivity index (χ0v) is 2.71. The molecule has 6 nitrogen and oxygen atoms in total. The first kappa shape index (κ1) is 5.12. The van der Waals surface area contributed by atoms with Crippen molar-refractivity contribution in [1.29, 1.82) is 0 Å². The molecule has 0 heterocycles. The van der Waals surface area contributed by atoms with E-state index in [1.165, 1.54) is 5.53 Å². The quantitative estimate of drug-likeness (QED) is 0.290. The Hall–Kier alpha value is -0.880. The first-order valence-corrected chi connectivity index (χ1v) is 1.06. The van der Waals surface area contributed by atoms with E-state index in [2.05, 4.69) is 0 Å². The molecule has 0 fully saturated rings. The van der Waals surface area contributed by atoms with Crippen LogP contribution in [-0.2, 0) is 0 Å². The summed E-state index contributed by atoms with van der Waals surface area (Å²) in [7, 11) is 0. The van der Waals surface area contributed by atoms with Crippen LogP contribution in [0.1, 0.15) is 0 Å². The van der Waals surface area contributed by atoms with E-state index < -0.39 is 5.03 Å². The summed E-state index contributed by atoms with van der Waals surface area (Å²) in [5.74, 6) is 0. The monoisotopic (exact) mass is 93.0 g/mol. The molecule has 0 atom stereocenters. The molecule has 0 amide bonds. The topological polar surface area (TPSA) is 87.4 Å². The molecular weight excluding hydrogens is 90.0 g/mol. The van der Waals surface area contributed by atoms with Crippen LogP contribution in [-0.4, -0.2) is 10.2 Å². The van der Waals surface area contributed by atoms with Crippen molar-refractivity contribution in [2.45, 2.75) is 0 Å². The van der Waals surface area contributed by atoms with Gasteiger partial charge in [-0.2, -0.15) is 0 Å². The molecule has 0 radical (unpaired) electrons. The summed E-state index contributed by atoms with van der Waals surface area (Å²) >= 11 is 0. The predicted octanol–water partition coefficient (Wildman–Crippen LogP) is -1.34. The molecule has 6 heavy (non-hydrogen) atoms. The molecule has 0 aromatic carbocycles. The highest BCUT2D eigenvalue weighted by molar-refractivity contribution is 3.92. The van der Waals surface area contributed by atoms with Gasteiger partial charge in [0, 0.05) is 0 Å². The fraction of sp³-hybridized carbons (Fsp3) is 0. The van der Waals surface area contributed by atoms with Crippen LogP contribution in [0.15, 0.2) is 0 Å². The largest absolute Gasteiger partial charge is 0.293 e. The van der Waals surface area contributed by atoms with Crippen LogP contribution < -0.4 is 11.1 Å². The molecule has 36 valence electrons. The van der Waals surface area contributed by atoms with Gasteiger partial charge in [-0.1, -0.05) is 5.59 Å². The predicted molar refractivity (Wildman–Crippen MR) is 15.1 cm³/mol. The third-order valence-corrected chi connectivity index (χ3v) is 0.141. The lowest BCUT2D eigenvalue weighted by molar-refractivity contribution is -0.566. The van der Waals surface area contributed by atoms with Crippen molar-refractivity contribution in [2.24, 2.45) is 0 Å². The molecule has 0 aromatic rings. The van der Waals surface area contributed by atoms with Crippen molar-refractivity contribution >= 4 is 0 Å². The van der Waals surface area contributed by atoms with Crippen LogP contribution in [0.4, 0.5) is 0 Å². The maximum atomic E-state index is 9.07. The molecule has 0 aliphatic rings. The van der Waals surface area contributed by atoms with Gasteiger partial charge in [-0.15, -0.1) is 0 Å². The summed E-state index contributed by atoms with van der Waals surface area (Å²) in [5, 5.41) is 15.6. The second-order valence-electron chi connectivity index (χ2n) is 0.481. The Morgan fingerprint density at radius 1 is 1.83 bits per heavy atom. The van der Waals surface area contributed by atoms with E-state index in [0.717, 1.165) is 5.59 Å². The average Bonchev–Trinajstić information content (AvgIpc) is 1.35. The average molecular weight is 93.0 g/mol. The molecule has 0 bridgehead atoms. The van der Waals surface area contributed by atoms with E-state index in [1.54, 1.807) is 0 Å². The summed E-state index contributed by atoms with van der Waals surface area (Å²) in [4.78, 5) is 9.07. The summed E-state index contributed by atoms with van der Waals surface area (Å²) in [6.45, 7) is 0. The van der Waals surface area contributed by atoms with Crippen molar-refractivity contribution in [1.82, 2.24) is 11.1 Å². The molecule has 0 rings (SSSR count). The first-order chi connectivity index (χ1) is 2.77. The van der Waals surface area contributed by atoms with Gasteiger partial charge in [0.2, 0.25) is 0 Å². The Kier molecular flexibility index (Phi) is 2.02. The molecule has 0 aromatic heterocycles. The van der Waals surface area contributed by atoms with Gasteiger partial charge in [-0.3, -0.25) is 5.21 Å². The third kappa shape index (κ3) is 3.12. The van der Waals surface area contributed by atoms with E-state index in [0.29, 0.717) is 0 Å². The zero-order valence-electron chi connectivity index (χ0n) is 2.71. The minimum absolute atomic E-state index is 0.931. The van der Waals surface area contributed by atoms with E-state index in [1.807, 2.05) is 0 Å². The number of hydrazine groups is 2. The van der Waals surface area contributed by atoms with Crippen molar-refractivity contribution in [2.75, 3.05) is 0 Å². The van der Waals surface area contributed by atoms with Gasteiger partial charge in [0.1, 0.15) is 0 Å². The normalized spacial score (nSPS) is 7.50. The lowest BCUT2D eigenvalue weighted by Crippen LogP contribution is -2.33. The van der Waals surface area contributed by atoms with Crippen LogP contribution in [0.2, 0.25) is 0 Å². The molecule has 3 N–H and O–H groups in total. The van der Waals surface area contributed by atoms with Gasteiger partial charge >= 0.3 is 0 Å². The molecule has 0 saturated heterocycles. The van der Waals surface area contributed by atoms with Gasteiger partial charge in [0.05, 0.1) is 0 Å². The van der Waals surface area contributed by atoms with Gasteiger partial charge in [-0.25, -0.2) is 10.1 Å². The fourth-order valence-electron chi connectivity index (χ4n) is 0.0408. The van der Waals surface area contributed by atoms with Gasteiger partial charge < -0.3 is 0 Å². The Labute approximate surface area is 32.8 Å². The Balaban J connectivity index is 2.83. The number of hydrogen-bond acceptors (Lipinski definition) is 4. The van der Waals surface area contributed by atoms with E-state index in [4.69, 9.17) is 15.3 Å². The second kappa shape index (κ2) is 2.36. The Morgan fingerprint density at radius 2 is 2.33 bits per heavy atom. The molecule has 0 saturated carbocycles. The maximum Gasteiger partial charge on any atom is 0.175 e. The summed E-state index contributed by atoms with van der Waals surface area (Å²) in [5.41, 5.74) is 2.35. The highest BCUT2D eigenvalue weighted by Crippen LogP contribution is 1.42. The number of nitro groups is 1. The fourth-order valence-corrected chi connectivity index (χ4v) is 0.0408. The number of nitrogens with one attached hydrogen (secondary N) is 2. The van der Waals surface area contributed by atoms with E-state index >= 15 is 0 Å². The molecule has 0 aliphatic heterocycles. The lowest BCUT2D eigenvalue weighted by atomic mass is 12.4. The summed E-state index contributed by atoms with van der Waals surface area (Å²) < 4.78 is 0. The van der Waals surface area contributed by atoms with Crippen molar-refractivity contribution < 1.29 is 10.2 Å². The number of rotatable bonds is 2. The third-order valence-electron chi connectivity index (χ3n) is 0.141. The molecule has 0 unspecified atom stereocenters. The zero-order chi connectivity index (χ0) is 4.99. The number of nitrogens with zero attached hydrogens (tertiary/aromatic N) is 1. The standard InChI is InChI=1S/H3N3O3/c4-2-1-3(5)6/h1-2,4H. The Morgan fingerprint density at radius 3 is 2.33 bits per heavy atom. The van der Waals surface area contributed by atoms with Crippen molar-refractivity contribution in [3.05, 3.63) is 10.1 Å². The maximum absolute atomic E-state index is 9.07. The van der Waals surface area contributed by atoms with Crippen molar-refractivity contribution in [3.8, 4) is 0 Å². The van der Waals surface area contributed by atoms with Gasteiger partial charge in [-0.05, 0) is 5.53 Å². The minimum atomic E-state index is -0.931. The van der Waals surface area contributed by atoms with Crippen LogP contribution in [0.25, 0.3) is 0 Å². The minimum Gasteiger partial charge on any atom is -0.293 e. The van der Waals surface area contributed by atoms with Gasteiger partial charge in [0.15, 0.2) is 5.03 Å². The summed E-state index contributed by atoms with van der Waals surface area (Å²) in [6.07, 6.45) is 0. The highest BCUT2D eigenvalue weighted by atomic mass is 16.7. The molecule has 6 heteroatoms. The second-order valence-corrected chi connectivity index (χ2v) is 0.481. The van der Waals surface area contributed by atoms with Crippen LogP contribution in [0, 0.1) is 10.1 Å². The van der Waals surface area contributed by atoms with Crippen molar-refractivity contribution in [3.63, 3.8) is 0 Å². The smallest absolute Gasteiger partial charge is 0.175 e. The highest BCUT2D eigenvalue weighted by Gasteiger charge is 1.80. The van der Waals surface area contributed by atoms with E-state index in [9.17, 15) is 0 Å². The molecule has 0 spiro atoms. The van der Waals surface area contributed by atoms with Gasteiger partial charge in [0.25, 0.3) is 0 Å². The van der Waals surface area contributed by atoms with E-state index in [-0.39, 0.29) is 0 Å². The van der Waals surface area contributed by atoms with Crippen LogP contribution in [0.3, 0.4) is 0 Å². The summed E-state index contributed by atoms with van der Waals surface area (Å²) in [6, 6.07) is 0. The van der Waals surface area contributed by atoms with Crippen LogP contribution in [0.5, 0.6) is 0 Å². The SMILES string of the molecule is O=[N+]([O-])NNO. The lowest BCUT2D eigenvalue weighted by Gasteiger charge is -1.84. The number of hydrogen-bond donors (Lipinski definition) is 3. The molecular formula is H3N3O3. The molecule has 0 aliphatic carbocycles. The van der Waals surface area contributed by atoms with Crippen LogP contribution >= 0.6 is 0 Å². The first-order valence-electron chi connectivity index (χ1n) is 1.06.